The van der Waals surface area contributed by atoms with Crippen molar-refractivity contribution < 1.29 is 0 Å². The average Bonchev–Trinajstić information content (AvgIpc) is 2.86. The number of fused-ring (bicyclic) bond motifs is 1. The summed E-state index contributed by atoms with van der Waals surface area (Å²) in [6.07, 6.45) is 4.23. The molecule has 16 heavy (non-hydrogen) atoms. The van der Waals surface area contributed by atoms with Crippen molar-refractivity contribution in [1.82, 2.24) is 14.7 Å². The maximum absolute atomic E-state index is 6.12. The molecule has 5 heteroatoms. The fourth-order valence-corrected chi connectivity index (χ4v) is 2.81. The number of nitrogens with zero attached hydrogens (tertiary/aromatic N) is 2. The van der Waals surface area contributed by atoms with Crippen LogP contribution in [0, 0.1) is 0 Å². The van der Waals surface area contributed by atoms with Crippen LogP contribution in [0.3, 0.4) is 0 Å². The summed E-state index contributed by atoms with van der Waals surface area (Å²) in [4.78, 5) is 4.41. The van der Waals surface area contributed by atoms with Crippen LogP contribution in [0.5, 0.6) is 0 Å². The zero-order valence-corrected chi connectivity index (χ0v) is 10.1. The van der Waals surface area contributed by atoms with Crippen LogP contribution in [0.4, 0.5) is 0 Å². The van der Waals surface area contributed by atoms with Gasteiger partial charge in [-0.05, 0) is 31.5 Å². The van der Waals surface area contributed by atoms with E-state index in [1.165, 1.54) is 6.42 Å². The minimum Gasteiger partial charge on any atom is -0.307 e. The summed E-state index contributed by atoms with van der Waals surface area (Å²) < 4.78 is 1.98. The summed E-state index contributed by atoms with van der Waals surface area (Å²) in [5, 5.41) is 4.54. The molecule has 1 N–H and O–H groups in total. The van der Waals surface area contributed by atoms with Crippen LogP contribution in [0.25, 0.3) is 5.52 Å². The maximum Gasteiger partial charge on any atom is 0.156 e. The monoisotopic (exact) mass is 255 g/mol. The molecule has 1 unspecified atom stereocenters. The van der Waals surface area contributed by atoms with Gasteiger partial charge in [-0.25, -0.2) is 4.98 Å². The van der Waals surface area contributed by atoms with Crippen molar-refractivity contribution in [3.8, 4) is 0 Å². The minimum absolute atomic E-state index is 0.290. The molecule has 1 atom stereocenters. The summed E-state index contributed by atoms with van der Waals surface area (Å²) in [6.45, 7) is 1.04. The van der Waals surface area contributed by atoms with Gasteiger partial charge in [-0.2, -0.15) is 0 Å². The van der Waals surface area contributed by atoms with E-state index in [1.54, 1.807) is 0 Å². The predicted molar refractivity (Wildman–Crippen MR) is 65.2 cm³/mol. The Morgan fingerprint density at radius 2 is 2.31 bits per heavy atom. The molecule has 3 nitrogen and oxygen atoms in total. The average molecular weight is 256 g/mol. The summed E-state index contributed by atoms with van der Waals surface area (Å²) in [5.41, 5.74) is 0.800. The molecule has 0 saturated carbocycles. The molecule has 0 radical (unpaired) electrons. The fourth-order valence-electron chi connectivity index (χ4n) is 2.23. The molecule has 1 aliphatic heterocycles. The zero-order chi connectivity index (χ0) is 11.1. The number of aromatic nitrogens is 2. The quantitative estimate of drug-likeness (QED) is 0.849. The Bertz CT molecular complexity index is 529. The van der Waals surface area contributed by atoms with Crippen molar-refractivity contribution in [1.29, 1.82) is 0 Å². The Hall–Kier alpha value is -0.770. The van der Waals surface area contributed by atoms with E-state index >= 15 is 0 Å². The smallest absolute Gasteiger partial charge is 0.156 e. The molecule has 3 rings (SSSR count). The van der Waals surface area contributed by atoms with Crippen LogP contribution in [0.15, 0.2) is 18.3 Å². The molecule has 84 valence electrons. The van der Waals surface area contributed by atoms with Gasteiger partial charge in [0.1, 0.15) is 11.3 Å². The first-order chi connectivity index (χ1) is 7.77. The summed E-state index contributed by atoms with van der Waals surface area (Å²) in [6, 6.07) is 4.03. The molecule has 2 aromatic rings. The van der Waals surface area contributed by atoms with Gasteiger partial charge in [0.25, 0.3) is 0 Å². The zero-order valence-electron chi connectivity index (χ0n) is 8.58. The van der Waals surface area contributed by atoms with Gasteiger partial charge >= 0.3 is 0 Å². The SMILES string of the molecule is Clc1cccn2c(C3CCCN3)nc(Cl)c12. The molecule has 1 fully saturated rings. The second-order valence-corrected chi connectivity index (χ2v) is 4.75. The fraction of sp³-hybridized carbons (Fsp3) is 0.364. The van der Waals surface area contributed by atoms with Crippen LogP contribution >= 0.6 is 23.2 Å². The van der Waals surface area contributed by atoms with Crippen LogP contribution < -0.4 is 5.32 Å². The van der Waals surface area contributed by atoms with Crippen LogP contribution in [0.2, 0.25) is 10.2 Å². The van der Waals surface area contributed by atoms with Crippen molar-refractivity contribution in [2.75, 3.05) is 6.54 Å². The van der Waals surface area contributed by atoms with Gasteiger partial charge in [0.15, 0.2) is 5.15 Å². The molecule has 0 aliphatic carbocycles. The topological polar surface area (TPSA) is 29.3 Å². The third-order valence-corrected chi connectivity index (χ3v) is 3.54. The van der Waals surface area contributed by atoms with E-state index in [2.05, 4.69) is 10.3 Å². The highest BCUT2D eigenvalue weighted by molar-refractivity contribution is 6.39. The Kier molecular flexibility index (Phi) is 2.54. The highest BCUT2D eigenvalue weighted by Crippen LogP contribution is 2.30. The molecule has 3 heterocycles. The van der Waals surface area contributed by atoms with E-state index in [1.807, 2.05) is 22.7 Å². The molecule has 0 amide bonds. The standard InChI is InChI=1S/C11H11Cl2N3/c12-7-3-2-6-16-9(7)10(13)15-11(16)8-4-1-5-14-8/h2-3,6,8,14H,1,4-5H2. The number of hydrogen-bond acceptors (Lipinski definition) is 2. The van der Waals surface area contributed by atoms with Gasteiger partial charge in [0.2, 0.25) is 0 Å². The summed E-state index contributed by atoms with van der Waals surface area (Å²) in [7, 11) is 0. The van der Waals surface area contributed by atoms with E-state index in [0.717, 1.165) is 24.3 Å². The first kappa shape index (κ1) is 10.4. The van der Waals surface area contributed by atoms with Gasteiger partial charge in [-0.15, -0.1) is 0 Å². The minimum atomic E-state index is 0.290. The molecular weight excluding hydrogens is 245 g/mol. The lowest BCUT2D eigenvalue weighted by atomic mass is 10.2. The van der Waals surface area contributed by atoms with Crippen LogP contribution in [0.1, 0.15) is 24.7 Å². The summed E-state index contributed by atoms with van der Waals surface area (Å²) >= 11 is 12.2. The second kappa shape index (κ2) is 3.91. The third kappa shape index (κ3) is 1.51. The molecule has 2 aromatic heterocycles. The molecule has 1 aliphatic rings. The van der Waals surface area contributed by atoms with Gasteiger partial charge in [-0.3, -0.25) is 4.40 Å². The molecule has 0 aromatic carbocycles. The van der Waals surface area contributed by atoms with E-state index < -0.39 is 0 Å². The first-order valence-corrected chi connectivity index (χ1v) is 6.08. The maximum atomic E-state index is 6.12. The van der Waals surface area contributed by atoms with Crippen molar-refractivity contribution in [2.45, 2.75) is 18.9 Å². The highest BCUT2D eigenvalue weighted by atomic mass is 35.5. The molecule has 0 spiro atoms. The Balaban J connectivity index is 2.22. The van der Waals surface area contributed by atoms with Gasteiger partial charge in [-0.1, -0.05) is 23.2 Å². The molecule has 0 bridgehead atoms. The number of pyridine rings is 1. The number of nitrogens with one attached hydrogen (secondary N) is 1. The highest BCUT2D eigenvalue weighted by Gasteiger charge is 2.22. The summed E-state index contributed by atoms with van der Waals surface area (Å²) in [5.74, 6) is 0.958. The Labute approximate surface area is 103 Å². The van der Waals surface area contributed by atoms with E-state index in [9.17, 15) is 0 Å². The van der Waals surface area contributed by atoms with Crippen molar-refractivity contribution in [2.24, 2.45) is 0 Å². The van der Waals surface area contributed by atoms with E-state index in [0.29, 0.717) is 16.2 Å². The third-order valence-electron chi connectivity index (χ3n) is 2.97. The van der Waals surface area contributed by atoms with Crippen LogP contribution in [-0.4, -0.2) is 15.9 Å². The Morgan fingerprint density at radius 3 is 3.06 bits per heavy atom. The van der Waals surface area contributed by atoms with Crippen molar-refractivity contribution >= 4 is 28.7 Å². The number of rotatable bonds is 1. The number of imidazole rings is 1. The van der Waals surface area contributed by atoms with Crippen molar-refractivity contribution in [3.05, 3.63) is 34.3 Å². The first-order valence-electron chi connectivity index (χ1n) is 5.33. The predicted octanol–water partition coefficient (Wildman–Crippen LogP) is 3.07. The molecular formula is C11H11Cl2N3. The Morgan fingerprint density at radius 1 is 1.44 bits per heavy atom. The van der Waals surface area contributed by atoms with Gasteiger partial charge in [0.05, 0.1) is 11.1 Å². The van der Waals surface area contributed by atoms with E-state index in [4.69, 9.17) is 23.2 Å². The lowest BCUT2D eigenvalue weighted by molar-refractivity contribution is 0.603. The second-order valence-electron chi connectivity index (χ2n) is 3.98. The van der Waals surface area contributed by atoms with Gasteiger partial charge < -0.3 is 5.32 Å². The molecule has 1 saturated heterocycles. The van der Waals surface area contributed by atoms with E-state index in [-0.39, 0.29) is 0 Å². The van der Waals surface area contributed by atoms with Gasteiger partial charge in [0, 0.05) is 6.20 Å². The normalized spacial score (nSPS) is 20.8. The number of hydrogen-bond donors (Lipinski definition) is 1. The lowest BCUT2D eigenvalue weighted by Gasteiger charge is -2.08. The van der Waals surface area contributed by atoms with Crippen molar-refractivity contribution in [3.63, 3.8) is 0 Å². The number of halogens is 2. The lowest BCUT2D eigenvalue weighted by Crippen LogP contribution is -2.15. The largest absolute Gasteiger partial charge is 0.307 e. The van der Waals surface area contributed by atoms with Crippen LogP contribution in [-0.2, 0) is 0 Å².